The Morgan fingerprint density at radius 1 is 0.474 bits per heavy atom. The van der Waals surface area contributed by atoms with Crippen LogP contribution in [0.25, 0.3) is 0 Å². The first-order valence-electron chi connectivity index (χ1n) is 0.667. The van der Waals surface area contributed by atoms with E-state index in [1.807, 2.05) is 0 Å². The Hall–Kier alpha value is 0.403. The fraction of sp³-hybridized carbons (Fsp3) is 0. The van der Waals surface area contributed by atoms with Gasteiger partial charge in [0.1, 0.15) is 0 Å². The average molecular weight is 427 g/mol. The average Bonchev–Trinajstić information content (AvgIpc) is 0.722. The van der Waals surface area contributed by atoms with Gasteiger partial charge in [0.2, 0.25) is 0 Å². The van der Waals surface area contributed by atoms with Gasteiger partial charge in [-0.3, -0.25) is 8.42 Å². The molecule has 0 heterocycles. The van der Waals surface area contributed by atoms with Gasteiger partial charge in [-0.2, -0.15) is 0 Å². The summed E-state index contributed by atoms with van der Waals surface area (Å²) < 4.78 is 34.1. The van der Waals surface area contributed by atoms with Crippen LogP contribution < -0.4 is 0 Å². The van der Waals surface area contributed by atoms with Crippen molar-refractivity contribution in [1.82, 2.24) is 0 Å². The Balaban J connectivity index is -0.000000000879. The van der Waals surface area contributed by atoms with Crippen LogP contribution in [0, 0.1) is 0 Å². The first-order chi connectivity index (χ1) is 2.00. The van der Waals surface area contributed by atoms with Crippen molar-refractivity contribution >= 4 is 10.4 Å². The van der Waals surface area contributed by atoms with Crippen molar-refractivity contribution in [1.29, 1.82) is 0 Å². The molecule has 0 fully saturated rings. The molecule has 0 amide bonds. The van der Waals surface area contributed by atoms with Crippen LogP contribution >= 0.6 is 0 Å². The molecule has 0 aromatic rings. The molecule has 0 spiro atoms. The number of hydrogen-bond acceptors (Lipinski definition) is 4. The maximum atomic E-state index is 8.52. The molecule has 0 radical (unpaired) electrons. The van der Waals surface area contributed by atoms with E-state index < -0.39 is 10.4 Å². The third kappa shape index (κ3) is 30500. The van der Waals surface area contributed by atoms with E-state index in [9.17, 15) is 0 Å². The van der Waals surface area contributed by atoms with E-state index >= 15 is 0 Å². The first-order valence-corrected chi connectivity index (χ1v) is 2.00. The van der Waals surface area contributed by atoms with Crippen LogP contribution in [-0.4, -0.2) is 83.2 Å². The van der Waals surface area contributed by atoms with E-state index in [2.05, 4.69) is 0 Å². The van der Waals surface area contributed by atoms with Crippen molar-refractivity contribution in [2.45, 2.75) is 0 Å². The predicted octanol–water partition coefficient (Wildman–Crippen LogP) is -11.2. The van der Waals surface area contributed by atoms with Crippen molar-refractivity contribution in [2.75, 3.05) is 0 Å². The zero-order valence-corrected chi connectivity index (χ0v) is 11.6. The molecule has 0 saturated carbocycles. The summed E-state index contributed by atoms with van der Waals surface area (Å²) in [6.07, 6.45) is 0. The minimum atomic E-state index is -5.17. The van der Waals surface area contributed by atoms with Crippen LogP contribution in [0.15, 0.2) is 0 Å². The summed E-state index contributed by atoms with van der Waals surface area (Å²) in [5.41, 5.74) is 0. The van der Waals surface area contributed by atoms with Crippen molar-refractivity contribution < 1.29 is 117 Å². The van der Waals surface area contributed by atoms with Crippen LogP contribution in [0.1, 0.15) is 0 Å². The van der Waals surface area contributed by atoms with Gasteiger partial charge in [0.05, 0.1) is 0 Å². The van der Waals surface area contributed by atoms with E-state index in [0.29, 0.717) is 0 Å². The molecule has 0 aromatic heterocycles. The molecule has 0 atom stereocenters. The number of rotatable bonds is 0. The third-order valence-corrected chi connectivity index (χ3v) is 0. The molecule has 0 bridgehead atoms. The molecule has 19 heteroatoms. The normalized spacial score (nSPS) is 3.05. The first kappa shape index (κ1) is 339. The van der Waals surface area contributed by atoms with Gasteiger partial charge in [0.15, 0.2) is 0 Å². The fourth-order valence-corrected chi connectivity index (χ4v) is 0. The number of hydrogen-bond donors (Lipinski definition) is 0. The maximum absolute atomic E-state index is 8.52. The topological polar surface area (TPSA) is 458 Å². The molecule has 0 aromatic carbocycles. The van der Waals surface area contributed by atoms with Crippen LogP contribution in [0.4, 0.5) is 0 Å². The molecular formula is H24FeNiO16S. The van der Waals surface area contributed by atoms with Gasteiger partial charge < -0.3 is 74.8 Å². The molecule has 0 rings (SSSR count). The maximum Gasteiger partial charge on any atom is 2.00 e. The Morgan fingerprint density at radius 3 is 0.474 bits per heavy atom. The fourth-order valence-electron chi connectivity index (χ4n) is 0. The van der Waals surface area contributed by atoms with Crippen LogP contribution in [0.5, 0.6) is 0 Å². The summed E-state index contributed by atoms with van der Waals surface area (Å²) in [5, 5.41) is 0. The molecule has 0 aliphatic rings. The molecular weight excluding hydrogens is 403 g/mol. The monoisotopic (exact) mass is 426 g/mol. The smallest absolute Gasteiger partial charge is 0.759 e. The van der Waals surface area contributed by atoms with Crippen molar-refractivity contribution in [3.63, 3.8) is 0 Å². The van der Waals surface area contributed by atoms with E-state index in [4.69, 9.17) is 17.5 Å². The largest absolute Gasteiger partial charge is 2.00 e. The van der Waals surface area contributed by atoms with E-state index in [0.717, 1.165) is 0 Å². The summed E-state index contributed by atoms with van der Waals surface area (Å²) in [7, 11) is -5.17. The van der Waals surface area contributed by atoms with Crippen molar-refractivity contribution in [3.8, 4) is 0 Å². The van der Waals surface area contributed by atoms with Crippen LogP contribution in [0.3, 0.4) is 0 Å². The van der Waals surface area contributed by atoms with E-state index in [1.165, 1.54) is 0 Å². The summed E-state index contributed by atoms with van der Waals surface area (Å²) in [5.74, 6) is 0. The Labute approximate surface area is 127 Å². The zero-order chi connectivity index (χ0) is 4.50. The van der Waals surface area contributed by atoms with E-state index in [1.54, 1.807) is 0 Å². The second-order valence-corrected chi connectivity index (χ2v) is 1.22. The molecule has 24 N–H and O–H groups in total. The standard InChI is InChI=1S/Fe.Ni.H2O4S.12H2O/c;;1-5(2,3)4;;;;;;;;;;;;/h;;(H2,1,2,3,4);12*1H2/q;+2;;;;;;;;;;;;;/p-2. The SMILES string of the molecule is O.O.O.O.O.O.O.O.O.O.O.O.O=S(=O)([O-])[O-].[Fe].[Ni+2]. The van der Waals surface area contributed by atoms with Gasteiger partial charge in [-0.1, -0.05) is 0 Å². The predicted molar refractivity (Wildman–Crippen MR) is 53.8 cm³/mol. The Bertz CT molecular complexity index is 99.9. The second kappa shape index (κ2) is 136. The minimum Gasteiger partial charge on any atom is -0.759 e. The van der Waals surface area contributed by atoms with Gasteiger partial charge in [-0.15, -0.1) is 0 Å². The molecule has 0 aliphatic heterocycles. The van der Waals surface area contributed by atoms with Crippen LogP contribution in [-0.2, 0) is 44.0 Å². The Morgan fingerprint density at radius 2 is 0.474 bits per heavy atom. The molecule has 0 aliphatic carbocycles. The molecule has 19 heavy (non-hydrogen) atoms. The minimum absolute atomic E-state index is 0. The molecule has 0 saturated heterocycles. The Kier molecular flexibility index (Phi) is 2430. The summed E-state index contributed by atoms with van der Waals surface area (Å²) in [6, 6.07) is 0. The second-order valence-electron chi connectivity index (χ2n) is 0.408. The zero-order valence-electron chi connectivity index (χ0n) is 8.71. The molecule has 0 unspecified atom stereocenters. The quantitative estimate of drug-likeness (QED) is 0.206. The third-order valence-electron chi connectivity index (χ3n) is 0. The summed E-state index contributed by atoms with van der Waals surface area (Å²) >= 11 is 0. The van der Waals surface area contributed by atoms with Gasteiger partial charge in [0.25, 0.3) is 0 Å². The van der Waals surface area contributed by atoms with Gasteiger partial charge in [-0.05, 0) is 0 Å². The van der Waals surface area contributed by atoms with Gasteiger partial charge >= 0.3 is 16.5 Å². The van der Waals surface area contributed by atoms with Gasteiger partial charge in [-0.25, -0.2) is 0 Å². The van der Waals surface area contributed by atoms with Crippen molar-refractivity contribution in [2.24, 2.45) is 0 Å². The summed E-state index contributed by atoms with van der Waals surface area (Å²) in [6.45, 7) is 0. The van der Waals surface area contributed by atoms with Gasteiger partial charge in [0, 0.05) is 27.5 Å². The summed E-state index contributed by atoms with van der Waals surface area (Å²) in [4.78, 5) is 0. The molecule has 16 nitrogen and oxygen atoms in total. The van der Waals surface area contributed by atoms with Crippen molar-refractivity contribution in [3.05, 3.63) is 0 Å². The van der Waals surface area contributed by atoms with E-state index in [-0.39, 0.29) is 99.3 Å². The van der Waals surface area contributed by atoms with Crippen LogP contribution in [0.2, 0.25) is 0 Å². The molecule has 144 valence electrons.